The number of nitrogens with zero attached hydrogens (tertiary/aromatic N) is 4. The van der Waals surface area contributed by atoms with Crippen LogP contribution in [0.3, 0.4) is 0 Å². The van der Waals surface area contributed by atoms with Crippen LogP contribution >= 0.6 is 0 Å². The van der Waals surface area contributed by atoms with Crippen LogP contribution in [-0.4, -0.2) is 38.7 Å². The summed E-state index contributed by atoms with van der Waals surface area (Å²) in [6.45, 7) is 3.38. The number of aromatic nitrogens is 3. The number of rotatable bonds is 3. The predicted molar refractivity (Wildman–Crippen MR) is 80.5 cm³/mol. The van der Waals surface area contributed by atoms with Gasteiger partial charge in [0.2, 0.25) is 5.91 Å². The van der Waals surface area contributed by atoms with Crippen molar-refractivity contribution < 1.29 is 4.79 Å². The van der Waals surface area contributed by atoms with Crippen molar-refractivity contribution in [1.82, 2.24) is 19.7 Å². The molecule has 0 saturated carbocycles. The third-order valence-corrected chi connectivity index (χ3v) is 4.19. The SMILES string of the molecule is CC(=O)N1CC[C@@H](Cc2cccnc2-c2ccnn2C)C1. The maximum Gasteiger partial charge on any atom is 0.219 e. The Morgan fingerprint density at radius 2 is 2.24 bits per heavy atom. The second kappa shape index (κ2) is 5.68. The van der Waals surface area contributed by atoms with Gasteiger partial charge in [0.25, 0.3) is 0 Å². The topological polar surface area (TPSA) is 51.0 Å². The Morgan fingerprint density at radius 3 is 2.90 bits per heavy atom. The van der Waals surface area contributed by atoms with Gasteiger partial charge in [-0.25, -0.2) is 0 Å². The molecular weight excluding hydrogens is 264 g/mol. The van der Waals surface area contributed by atoms with E-state index < -0.39 is 0 Å². The van der Waals surface area contributed by atoms with Crippen molar-refractivity contribution in [3.8, 4) is 11.4 Å². The summed E-state index contributed by atoms with van der Waals surface area (Å²) in [6, 6.07) is 6.10. The van der Waals surface area contributed by atoms with Crippen molar-refractivity contribution in [3.63, 3.8) is 0 Å². The van der Waals surface area contributed by atoms with Crippen LogP contribution in [-0.2, 0) is 18.3 Å². The first-order valence-corrected chi connectivity index (χ1v) is 7.33. The normalized spacial score (nSPS) is 18.2. The van der Waals surface area contributed by atoms with Crippen LogP contribution in [0.4, 0.5) is 0 Å². The summed E-state index contributed by atoms with van der Waals surface area (Å²) in [7, 11) is 1.93. The van der Waals surface area contributed by atoms with E-state index in [4.69, 9.17) is 0 Å². The zero-order chi connectivity index (χ0) is 14.8. The maximum atomic E-state index is 11.4. The molecule has 0 bridgehead atoms. The van der Waals surface area contributed by atoms with E-state index in [2.05, 4.69) is 16.1 Å². The minimum Gasteiger partial charge on any atom is -0.343 e. The van der Waals surface area contributed by atoms with Gasteiger partial charge in [-0.15, -0.1) is 0 Å². The molecule has 1 saturated heterocycles. The van der Waals surface area contributed by atoms with E-state index in [9.17, 15) is 4.79 Å². The van der Waals surface area contributed by atoms with E-state index in [1.165, 1.54) is 5.56 Å². The highest BCUT2D eigenvalue weighted by molar-refractivity contribution is 5.73. The van der Waals surface area contributed by atoms with Gasteiger partial charge >= 0.3 is 0 Å². The van der Waals surface area contributed by atoms with E-state index in [0.29, 0.717) is 5.92 Å². The summed E-state index contributed by atoms with van der Waals surface area (Å²) in [5.41, 5.74) is 3.27. The number of pyridine rings is 1. The number of aryl methyl sites for hydroxylation is 1. The first kappa shape index (κ1) is 13.8. The molecule has 0 aliphatic carbocycles. The Balaban J connectivity index is 1.81. The first-order chi connectivity index (χ1) is 10.1. The quantitative estimate of drug-likeness (QED) is 0.865. The molecule has 2 aromatic rings. The number of hydrogen-bond acceptors (Lipinski definition) is 3. The fourth-order valence-corrected chi connectivity index (χ4v) is 3.04. The minimum absolute atomic E-state index is 0.176. The molecule has 0 spiro atoms. The lowest BCUT2D eigenvalue weighted by Gasteiger charge is -2.15. The van der Waals surface area contributed by atoms with E-state index in [1.54, 1.807) is 13.1 Å². The smallest absolute Gasteiger partial charge is 0.219 e. The highest BCUT2D eigenvalue weighted by Crippen LogP contribution is 2.26. The third-order valence-electron chi connectivity index (χ3n) is 4.19. The molecule has 110 valence electrons. The molecule has 21 heavy (non-hydrogen) atoms. The van der Waals surface area contributed by atoms with Crippen LogP contribution in [0.15, 0.2) is 30.6 Å². The van der Waals surface area contributed by atoms with Gasteiger partial charge in [-0.1, -0.05) is 6.07 Å². The first-order valence-electron chi connectivity index (χ1n) is 7.33. The Labute approximate surface area is 124 Å². The van der Waals surface area contributed by atoms with Gasteiger partial charge in [0, 0.05) is 39.5 Å². The highest BCUT2D eigenvalue weighted by atomic mass is 16.2. The van der Waals surface area contributed by atoms with Crippen LogP contribution in [0.25, 0.3) is 11.4 Å². The summed E-state index contributed by atoms with van der Waals surface area (Å²) in [4.78, 5) is 17.9. The fraction of sp³-hybridized carbons (Fsp3) is 0.438. The van der Waals surface area contributed by atoms with E-state index >= 15 is 0 Å². The molecule has 0 unspecified atom stereocenters. The number of likely N-dealkylation sites (tertiary alicyclic amines) is 1. The van der Waals surface area contributed by atoms with Crippen LogP contribution in [0, 0.1) is 5.92 Å². The van der Waals surface area contributed by atoms with Crippen LogP contribution in [0.2, 0.25) is 0 Å². The highest BCUT2D eigenvalue weighted by Gasteiger charge is 2.25. The summed E-state index contributed by atoms with van der Waals surface area (Å²) in [5, 5.41) is 4.22. The number of carbonyl (C=O) groups excluding carboxylic acids is 1. The molecule has 1 amide bonds. The minimum atomic E-state index is 0.176. The summed E-state index contributed by atoms with van der Waals surface area (Å²) >= 11 is 0. The molecular formula is C16H20N4O. The van der Waals surface area contributed by atoms with Crippen LogP contribution < -0.4 is 0 Å². The largest absolute Gasteiger partial charge is 0.343 e. The third kappa shape index (κ3) is 2.82. The summed E-state index contributed by atoms with van der Waals surface area (Å²) in [6.07, 6.45) is 5.64. The zero-order valence-corrected chi connectivity index (χ0v) is 12.5. The molecule has 0 aromatic carbocycles. The lowest BCUT2D eigenvalue weighted by Crippen LogP contribution is -2.26. The van der Waals surface area contributed by atoms with E-state index in [1.807, 2.05) is 35.0 Å². The molecule has 1 aliphatic rings. The second-order valence-corrected chi connectivity index (χ2v) is 5.68. The van der Waals surface area contributed by atoms with Gasteiger partial charge < -0.3 is 4.90 Å². The van der Waals surface area contributed by atoms with Crippen molar-refractivity contribution in [2.75, 3.05) is 13.1 Å². The average Bonchev–Trinajstić information content (AvgIpc) is 3.09. The van der Waals surface area contributed by atoms with Crippen molar-refractivity contribution in [2.45, 2.75) is 19.8 Å². The van der Waals surface area contributed by atoms with Crippen LogP contribution in [0.5, 0.6) is 0 Å². The molecule has 1 aliphatic heterocycles. The van der Waals surface area contributed by atoms with E-state index in [-0.39, 0.29) is 5.91 Å². The van der Waals surface area contributed by atoms with Gasteiger partial charge in [0.1, 0.15) is 0 Å². The van der Waals surface area contributed by atoms with E-state index in [0.717, 1.165) is 37.3 Å². The molecule has 1 atom stereocenters. The molecule has 5 heteroatoms. The monoisotopic (exact) mass is 284 g/mol. The lowest BCUT2D eigenvalue weighted by molar-refractivity contribution is -0.127. The summed E-state index contributed by atoms with van der Waals surface area (Å²) < 4.78 is 1.85. The van der Waals surface area contributed by atoms with Gasteiger partial charge in [-0.3, -0.25) is 14.5 Å². The average molecular weight is 284 g/mol. The molecule has 3 rings (SSSR count). The van der Waals surface area contributed by atoms with Crippen molar-refractivity contribution in [3.05, 3.63) is 36.2 Å². The Bertz CT molecular complexity index is 649. The molecule has 5 nitrogen and oxygen atoms in total. The molecule has 1 fully saturated rings. The van der Waals surface area contributed by atoms with Crippen molar-refractivity contribution in [1.29, 1.82) is 0 Å². The van der Waals surface area contributed by atoms with Gasteiger partial charge in [-0.05, 0) is 36.5 Å². The summed E-state index contributed by atoms with van der Waals surface area (Å²) in [5.74, 6) is 0.695. The zero-order valence-electron chi connectivity index (χ0n) is 12.5. The Morgan fingerprint density at radius 1 is 1.38 bits per heavy atom. The molecule has 0 radical (unpaired) electrons. The van der Waals surface area contributed by atoms with Gasteiger partial charge in [0.15, 0.2) is 0 Å². The number of carbonyl (C=O) groups is 1. The standard InChI is InChI=1S/C16H20N4O/c1-12(21)20-9-6-13(11-20)10-14-4-3-7-17-16(14)15-5-8-18-19(15)2/h3-5,7-8,13H,6,9-11H2,1-2H3/t13-/m0/s1. The van der Waals surface area contributed by atoms with Crippen LogP contribution in [0.1, 0.15) is 18.9 Å². The number of hydrogen-bond donors (Lipinski definition) is 0. The molecule has 2 aromatic heterocycles. The Kier molecular flexibility index (Phi) is 3.73. The van der Waals surface area contributed by atoms with Crippen molar-refractivity contribution >= 4 is 5.91 Å². The van der Waals surface area contributed by atoms with Gasteiger partial charge in [-0.2, -0.15) is 5.10 Å². The predicted octanol–water partition coefficient (Wildman–Crippen LogP) is 1.89. The number of amides is 1. The molecule has 3 heterocycles. The lowest BCUT2D eigenvalue weighted by atomic mass is 9.96. The molecule has 0 N–H and O–H groups in total. The maximum absolute atomic E-state index is 11.4. The fourth-order valence-electron chi connectivity index (χ4n) is 3.04. The second-order valence-electron chi connectivity index (χ2n) is 5.68. The Hall–Kier alpha value is -2.17. The van der Waals surface area contributed by atoms with Gasteiger partial charge in [0.05, 0.1) is 11.4 Å². The van der Waals surface area contributed by atoms with Crippen molar-refractivity contribution in [2.24, 2.45) is 13.0 Å².